The first-order valence-electron chi connectivity index (χ1n) is 9.88. The van der Waals surface area contributed by atoms with Crippen LogP contribution in [0.1, 0.15) is 40.8 Å². The van der Waals surface area contributed by atoms with E-state index in [1.54, 1.807) is 11.3 Å². The van der Waals surface area contributed by atoms with Gasteiger partial charge in [0.15, 0.2) is 0 Å². The van der Waals surface area contributed by atoms with Crippen molar-refractivity contribution in [2.45, 2.75) is 42.2 Å². The van der Waals surface area contributed by atoms with Crippen molar-refractivity contribution in [3.05, 3.63) is 81.2 Å². The Morgan fingerprint density at radius 1 is 1.23 bits per heavy atom. The molecule has 3 nitrogen and oxygen atoms in total. The molecule has 3 aromatic rings. The second-order valence-corrected chi connectivity index (χ2v) is 10.3. The first-order chi connectivity index (χ1) is 14.5. The molecule has 1 aliphatic carbocycles. The smallest absolute Gasteiger partial charge is 0.238 e. The quantitative estimate of drug-likeness (QED) is 0.440. The maximum absolute atomic E-state index is 12.8. The zero-order valence-corrected chi connectivity index (χ0v) is 18.9. The summed E-state index contributed by atoms with van der Waals surface area (Å²) in [6, 6.07) is 20.3. The van der Waals surface area contributed by atoms with Crippen LogP contribution in [0.15, 0.2) is 59.5 Å². The lowest BCUT2D eigenvalue weighted by Gasteiger charge is -2.22. The van der Waals surface area contributed by atoms with Gasteiger partial charge in [0.05, 0.1) is 10.8 Å². The Hall–Kier alpha value is -2.26. The van der Waals surface area contributed by atoms with Gasteiger partial charge in [-0.1, -0.05) is 41.9 Å². The van der Waals surface area contributed by atoms with Crippen molar-refractivity contribution >= 4 is 45.6 Å². The second-order valence-electron chi connectivity index (χ2n) is 7.37. The third kappa shape index (κ3) is 4.57. The molecule has 30 heavy (non-hydrogen) atoms. The molecule has 0 saturated carbocycles. The largest absolute Gasteiger partial charge is 0.316 e. The van der Waals surface area contributed by atoms with Crippen molar-refractivity contribution in [3.63, 3.8) is 0 Å². The van der Waals surface area contributed by atoms with Crippen molar-refractivity contribution in [2.75, 3.05) is 5.32 Å². The van der Waals surface area contributed by atoms with Gasteiger partial charge in [0, 0.05) is 14.8 Å². The number of nitrogens with one attached hydrogen (secondary N) is 1. The summed E-state index contributed by atoms with van der Waals surface area (Å²) in [5.74, 6) is 0.372. The lowest BCUT2D eigenvalue weighted by Crippen LogP contribution is -2.22. The summed E-state index contributed by atoms with van der Waals surface area (Å²) in [7, 11) is 0. The fourth-order valence-electron chi connectivity index (χ4n) is 3.79. The normalized spacial score (nSPS) is 16.4. The molecule has 1 aromatic heterocycles. The van der Waals surface area contributed by atoms with Gasteiger partial charge in [-0.05, 0) is 67.5 Å². The van der Waals surface area contributed by atoms with Gasteiger partial charge >= 0.3 is 0 Å². The Balaban J connectivity index is 1.48. The molecule has 0 aliphatic heterocycles. The number of hydrogen-bond donors (Lipinski definition) is 1. The van der Waals surface area contributed by atoms with Crippen molar-refractivity contribution in [1.29, 1.82) is 5.26 Å². The minimum atomic E-state index is -0.283. The van der Waals surface area contributed by atoms with E-state index in [1.165, 1.54) is 22.2 Å². The van der Waals surface area contributed by atoms with E-state index in [4.69, 9.17) is 11.6 Å². The van der Waals surface area contributed by atoms with Crippen LogP contribution in [0.4, 0.5) is 5.00 Å². The van der Waals surface area contributed by atoms with Crippen molar-refractivity contribution in [2.24, 2.45) is 0 Å². The number of hydrogen-bond acceptors (Lipinski definition) is 4. The Labute approximate surface area is 190 Å². The molecule has 4 rings (SSSR count). The average molecular weight is 453 g/mol. The topological polar surface area (TPSA) is 52.9 Å². The van der Waals surface area contributed by atoms with Crippen LogP contribution < -0.4 is 5.32 Å². The van der Waals surface area contributed by atoms with Crippen molar-refractivity contribution in [3.8, 4) is 6.07 Å². The van der Waals surface area contributed by atoms with Gasteiger partial charge in [0.1, 0.15) is 11.1 Å². The maximum atomic E-state index is 12.8. The standard InChI is InChI=1S/C24H21ClN2OS2/c1-15(29-19-10-8-18(25)9-11-19)23(28)27-24-21(14-26)20-12-7-17(13-22(20)30-24)16-5-3-2-4-6-16/h2-6,8-11,15,17H,7,12-13H2,1H3,(H,27,28). The summed E-state index contributed by atoms with van der Waals surface area (Å²) in [5, 5.41) is 13.8. The fraction of sp³-hybridized carbons (Fsp3) is 0.250. The average Bonchev–Trinajstić information content (AvgIpc) is 3.11. The van der Waals surface area contributed by atoms with Crippen LogP contribution in [0, 0.1) is 11.3 Å². The van der Waals surface area contributed by atoms with Crippen LogP contribution in [-0.2, 0) is 17.6 Å². The molecule has 1 N–H and O–H groups in total. The zero-order chi connectivity index (χ0) is 21.1. The Bertz CT molecular complexity index is 1090. The summed E-state index contributed by atoms with van der Waals surface area (Å²) in [5.41, 5.74) is 3.09. The molecule has 2 aromatic carbocycles. The molecule has 1 amide bonds. The van der Waals surface area contributed by atoms with E-state index in [9.17, 15) is 10.1 Å². The number of thiophene rings is 1. The van der Waals surface area contributed by atoms with Crippen LogP contribution in [0.25, 0.3) is 0 Å². The highest BCUT2D eigenvalue weighted by atomic mass is 35.5. The van der Waals surface area contributed by atoms with Crippen LogP contribution in [0.2, 0.25) is 5.02 Å². The number of amides is 1. The number of halogens is 1. The third-order valence-corrected chi connectivity index (χ3v) is 7.91. The molecular formula is C24H21ClN2OS2. The SMILES string of the molecule is CC(Sc1ccc(Cl)cc1)C(=O)Nc1sc2c(c1C#N)CCC(c1ccccc1)C2. The minimum Gasteiger partial charge on any atom is -0.316 e. The number of nitrogens with zero attached hydrogens (tertiary/aromatic N) is 1. The van der Waals surface area contributed by atoms with Crippen LogP contribution in [0.5, 0.6) is 0 Å². The van der Waals surface area contributed by atoms with E-state index < -0.39 is 0 Å². The maximum Gasteiger partial charge on any atom is 0.238 e. The van der Waals surface area contributed by atoms with E-state index in [-0.39, 0.29) is 11.2 Å². The number of fused-ring (bicyclic) bond motifs is 1. The molecule has 2 atom stereocenters. The first kappa shape index (κ1) is 21.0. The fourth-order valence-corrected chi connectivity index (χ4v) is 6.06. The van der Waals surface area contributed by atoms with Gasteiger partial charge in [-0.25, -0.2) is 0 Å². The predicted octanol–water partition coefficient (Wildman–Crippen LogP) is 6.66. The highest BCUT2D eigenvalue weighted by Gasteiger charge is 2.28. The lowest BCUT2D eigenvalue weighted by molar-refractivity contribution is -0.115. The van der Waals surface area contributed by atoms with E-state index in [0.29, 0.717) is 21.5 Å². The highest BCUT2D eigenvalue weighted by Crippen LogP contribution is 2.42. The molecule has 6 heteroatoms. The van der Waals surface area contributed by atoms with Gasteiger partial charge in [-0.2, -0.15) is 5.26 Å². The third-order valence-electron chi connectivity index (χ3n) is 5.38. The minimum absolute atomic E-state index is 0.0929. The zero-order valence-electron chi connectivity index (χ0n) is 16.5. The lowest BCUT2D eigenvalue weighted by atomic mass is 9.83. The number of benzene rings is 2. The Kier molecular flexibility index (Phi) is 6.48. The van der Waals surface area contributed by atoms with Crippen LogP contribution in [-0.4, -0.2) is 11.2 Å². The van der Waals surface area contributed by atoms with E-state index in [0.717, 1.165) is 29.7 Å². The number of thioether (sulfide) groups is 1. The van der Waals surface area contributed by atoms with Gasteiger partial charge in [-0.3, -0.25) is 4.79 Å². The van der Waals surface area contributed by atoms with Crippen molar-refractivity contribution < 1.29 is 4.79 Å². The molecule has 0 fully saturated rings. The second kappa shape index (κ2) is 9.26. The number of carbonyl (C=O) groups is 1. The van der Waals surface area contributed by atoms with Gasteiger partial charge in [0.25, 0.3) is 0 Å². The number of rotatable bonds is 5. The number of carbonyl (C=O) groups excluding carboxylic acids is 1. The summed E-state index contributed by atoms with van der Waals surface area (Å²) >= 11 is 8.97. The van der Waals surface area contributed by atoms with E-state index >= 15 is 0 Å². The molecule has 0 bridgehead atoms. The summed E-state index contributed by atoms with van der Waals surface area (Å²) in [6.45, 7) is 1.87. The van der Waals surface area contributed by atoms with Crippen molar-refractivity contribution in [1.82, 2.24) is 0 Å². The highest BCUT2D eigenvalue weighted by molar-refractivity contribution is 8.00. The van der Waals surface area contributed by atoms with Crippen LogP contribution >= 0.6 is 34.7 Å². The predicted molar refractivity (Wildman–Crippen MR) is 126 cm³/mol. The molecule has 152 valence electrons. The molecule has 1 aliphatic rings. The van der Waals surface area contributed by atoms with E-state index in [2.05, 4.69) is 35.7 Å². The first-order valence-corrected chi connectivity index (χ1v) is 11.9. The number of anilines is 1. The molecule has 0 radical (unpaired) electrons. The number of nitriles is 1. The summed E-state index contributed by atoms with van der Waals surface area (Å²) in [6.07, 6.45) is 2.82. The summed E-state index contributed by atoms with van der Waals surface area (Å²) < 4.78 is 0. The molecule has 1 heterocycles. The summed E-state index contributed by atoms with van der Waals surface area (Å²) in [4.78, 5) is 15.0. The Morgan fingerprint density at radius 2 is 1.97 bits per heavy atom. The Morgan fingerprint density at radius 3 is 2.67 bits per heavy atom. The monoisotopic (exact) mass is 452 g/mol. The molecule has 0 spiro atoms. The van der Waals surface area contributed by atoms with Crippen LogP contribution in [0.3, 0.4) is 0 Å². The molecule has 0 saturated heterocycles. The van der Waals surface area contributed by atoms with Gasteiger partial charge in [-0.15, -0.1) is 23.1 Å². The molecular weight excluding hydrogens is 432 g/mol. The van der Waals surface area contributed by atoms with Gasteiger partial charge < -0.3 is 5.32 Å². The molecule has 2 unspecified atom stereocenters. The van der Waals surface area contributed by atoms with E-state index in [1.807, 2.05) is 37.3 Å². The van der Waals surface area contributed by atoms with Gasteiger partial charge in [0.2, 0.25) is 5.91 Å².